The van der Waals surface area contributed by atoms with Gasteiger partial charge in [-0.15, -0.1) is 0 Å². The van der Waals surface area contributed by atoms with E-state index in [2.05, 4.69) is 24.3 Å². The number of amides is 1. The SMILES string of the molecule is C[C@@H]1CC[C@H](C(=O)O)[C@H](C)N1C(=O)OCC1c2ccccc2-c2ccccc21. The molecule has 146 valence electrons. The molecule has 1 amide bonds. The molecule has 0 radical (unpaired) electrons. The molecule has 1 saturated heterocycles. The second-order valence-electron chi connectivity index (χ2n) is 7.82. The zero-order valence-electron chi connectivity index (χ0n) is 16.2. The van der Waals surface area contributed by atoms with Gasteiger partial charge in [0.1, 0.15) is 6.61 Å². The monoisotopic (exact) mass is 379 g/mol. The molecule has 0 bridgehead atoms. The molecule has 0 aromatic heterocycles. The summed E-state index contributed by atoms with van der Waals surface area (Å²) in [4.78, 5) is 26.0. The molecule has 28 heavy (non-hydrogen) atoms. The van der Waals surface area contributed by atoms with Crippen LogP contribution in [0.25, 0.3) is 11.1 Å². The van der Waals surface area contributed by atoms with E-state index in [1.807, 2.05) is 31.2 Å². The Labute approximate surface area is 164 Å². The van der Waals surface area contributed by atoms with Crippen LogP contribution in [0.3, 0.4) is 0 Å². The fourth-order valence-corrected chi connectivity index (χ4v) is 4.74. The summed E-state index contributed by atoms with van der Waals surface area (Å²) in [7, 11) is 0. The summed E-state index contributed by atoms with van der Waals surface area (Å²) in [5, 5.41) is 9.44. The number of carboxylic acid groups (broad SMARTS) is 1. The minimum Gasteiger partial charge on any atom is -0.481 e. The van der Waals surface area contributed by atoms with Gasteiger partial charge in [-0.25, -0.2) is 4.79 Å². The molecule has 1 fully saturated rings. The minimum atomic E-state index is -0.851. The van der Waals surface area contributed by atoms with Crippen molar-refractivity contribution in [3.05, 3.63) is 59.7 Å². The van der Waals surface area contributed by atoms with Crippen molar-refractivity contribution in [1.29, 1.82) is 0 Å². The lowest BCUT2D eigenvalue weighted by Gasteiger charge is -2.41. The third kappa shape index (κ3) is 3.05. The maximum absolute atomic E-state index is 12.9. The number of benzene rings is 2. The van der Waals surface area contributed by atoms with E-state index in [0.717, 1.165) is 0 Å². The van der Waals surface area contributed by atoms with Crippen molar-refractivity contribution in [1.82, 2.24) is 4.90 Å². The molecule has 0 unspecified atom stereocenters. The average Bonchev–Trinajstić information content (AvgIpc) is 3.00. The highest BCUT2D eigenvalue weighted by atomic mass is 16.6. The number of likely N-dealkylation sites (tertiary alicyclic amines) is 1. The van der Waals surface area contributed by atoms with Crippen LogP contribution in [-0.4, -0.2) is 40.8 Å². The first-order valence-corrected chi connectivity index (χ1v) is 9.85. The van der Waals surface area contributed by atoms with Gasteiger partial charge >= 0.3 is 12.1 Å². The van der Waals surface area contributed by atoms with Crippen molar-refractivity contribution < 1.29 is 19.4 Å². The van der Waals surface area contributed by atoms with Gasteiger partial charge in [-0.2, -0.15) is 0 Å². The van der Waals surface area contributed by atoms with Crippen LogP contribution < -0.4 is 0 Å². The van der Waals surface area contributed by atoms with Crippen LogP contribution in [0.4, 0.5) is 4.79 Å². The van der Waals surface area contributed by atoms with Gasteiger partial charge in [0.05, 0.1) is 5.92 Å². The van der Waals surface area contributed by atoms with Gasteiger partial charge in [-0.1, -0.05) is 48.5 Å². The van der Waals surface area contributed by atoms with Crippen LogP contribution in [-0.2, 0) is 9.53 Å². The smallest absolute Gasteiger partial charge is 0.410 e. The fourth-order valence-electron chi connectivity index (χ4n) is 4.74. The van der Waals surface area contributed by atoms with Crippen molar-refractivity contribution in [3.8, 4) is 11.1 Å². The Bertz CT molecular complexity index is 863. The van der Waals surface area contributed by atoms with Crippen LogP contribution in [0.15, 0.2) is 48.5 Å². The first kappa shape index (κ1) is 18.5. The van der Waals surface area contributed by atoms with Crippen molar-refractivity contribution >= 4 is 12.1 Å². The van der Waals surface area contributed by atoms with Gasteiger partial charge in [0.15, 0.2) is 0 Å². The summed E-state index contributed by atoms with van der Waals surface area (Å²) in [6, 6.07) is 16.0. The third-order valence-corrected chi connectivity index (χ3v) is 6.26. The number of fused-ring (bicyclic) bond motifs is 3. The molecule has 1 aliphatic carbocycles. The number of carbonyl (C=O) groups excluding carboxylic acids is 1. The molecule has 1 N–H and O–H groups in total. The number of ether oxygens (including phenoxy) is 1. The topological polar surface area (TPSA) is 66.8 Å². The molecule has 5 heteroatoms. The Balaban J connectivity index is 1.53. The van der Waals surface area contributed by atoms with Gasteiger partial charge in [0.25, 0.3) is 0 Å². The zero-order valence-corrected chi connectivity index (χ0v) is 16.2. The van der Waals surface area contributed by atoms with Gasteiger partial charge in [-0.3, -0.25) is 4.79 Å². The van der Waals surface area contributed by atoms with Crippen LogP contribution in [0.2, 0.25) is 0 Å². The summed E-state index contributed by atoms with van der Waals surface area (Å²) in [5.41, 5.74) is 4.70. The number of rotatable bonds is 3. The molecule has 4 rings (SSSR count). The minimum absolute atomic E-state index is 0.00187. The van der Waals surface area contributed by atoms with E-state index in [4.69, 9.17) is 4.74 Å². The van der Waals surface area contributed by atoms with Gasteiger partial charge < -0.3 is 14.7 Å². The predicted octanol–water partition coefficient (Wildman–Crippen LogP) is 4.51. The first-order valence-electron chi connectivity index (χ1n) is 9.85. The highest BCUT2D eigenvalue weighted by Crippen LogP contribution is 2.44. The van der Waals surface area contributed by atoms with E-state index in [0.29, 0.717) is 12.8 Å². The van der Waals surface area contributed by atoms with Crippen LogP contribution in [0, 0.1) is 5.92 Å². The predicted molar refractivity (Wildman–Crippen MR) is 106 cm³/mol. The molecule has 0 saturated carbocycles. The molecule has 1 heterocycles. The van der Waals surface area contributed by atoms with Crippen molar-refractivity contribution in [2.75, 3.05) is 6.61 Å². The normalized spacial score (nSPS) is 23.8. The van der Waals surface area contributed by atoms with Gasteiger partial charge in [0.2, 0.25) is 0 Å². The van der Waals surface area contributed by atoms with Crippen LogP contribution in [0.5, 0.6) is 0 Å². The molecular formula is C23H25NO4. The average molecular weight is 379 g/mol. The van der Waals surface area contributed by atoms with Crippen molar-refractivity contribution in [2.45, 2.75) is 44.7 Å². The first-order chi connectivity index (χ1) is 13.5. The Hall–Kier alpha value is -2.82. The number of carbonyl (C=O) groups is 2. The van der Waals surface area contributed by atoms with Crippen molar-refractivity contribution in [3.63, 3.8) is 0 Å². The second kappa shape index (κ2) is 7.30. The van der Waals surface area contributed by atoms with Crippen LogP contribution in [0.1, 0.15) is 43.7 Å². The maximum atomic E-state index is 12.9. The number of piperidine rings is 1. The molecule has 2 aromatic carbocycles. The van der Waals surface area contributed by atoms with E-state index in [-0.39, 0.29) is 24.6 Å². The number of hydrogen-bond donors (Lipinski definition) is 1. The Kier molecular flexibility index (Phi) is 4.84. The second-order valence-corrected chi connectivity index (χ2v) is 7.82. The molecule has 0 spiro atoms. The number of hydrogen-bond acceptors (Lipinski definition) is 3. The Morgan fingerprint density at radius 1 is 1.00 bits per heavy atom. The van der Waals surface area contributed by atoms with E-state index >= 15 is 0 Å². The molecule has 3 atom stereocenters. The van der Waals surface area contributed by atoms with E-state index < -0.39 is 18.0 Å². The highest BCUT2D eigenvalue weighted by molar-refractivity contribution is 5.79. The third-order valence-electron chi connectivity index (χ3n) is 6.26. The maximum Gasteiger partial charge on any atom is 0.410 e. The van der Waals surface area contributed by atoms with E-state index in [1.54, 1.807) is 11.8 Å². The lowest BCUT2D eigenvalue weighted by Crippen LogP contribution is -2.53. The van der Waals surface area contributed by atoms with Gasteiger partial charge in [0, 0.05) is 18.0 Å². The number of nitrogens with zero attached hydrogens (tertiary/aromatic N) is 1. The molecular weight excluding hydrogens is 354 g/mol. The summed E-state index contributed by atoms with van der Waals surface area (Å²) in [5.74, 6) is -1.39. The molecule has 2 aromatic rings. The molecule has 2 aliphatic rings. The lowest BCUT2D eigenvalue weighted by molar-refractivity contribution is -0.145. The zero-order chi connectivity index (χ0) is 19.8. The van der Waals surface area contributed by atoms with E-state index in [9.17, 15) is 14.7 Å². The number of carboxylic acids is 1. The summed E-state index contributed by atoms with van der Waals surface area (Å²) in [6.45, 7) is 4.01. The largest absolute Gasteiger partial charge is 0.481 e. The Morgan fingerprint density at radius 2 is 1.57 bits per heavy atom. The Morgan fingerprint density at radius 3 is 2.14 bits per heavy atom. The fraction of sp³-hybridized carbons (Fsp3) is 0.391. The standard InChI is InChI=1S/C23H25NO4/c1-14-11-12-16(22(25)26)15(2)24(14)23(27)28-13-21-19-9-5-3-7-17(19)18-8-4-6-10-20(18)21/h3-10,14-16,21H,11-13H2,1-2H3,(H,25,26)/t14-,15+,16+/m1/s1. The highest BCUT2D eigenvalue weighted by Gasteiger charge is 2.40. The van der Waals surface area contributed by atoms with E-state index in [1.165, 1.54) is 22.3 Å². The summed E-state index contributed by atoms with van der Waals surface area (Å²) in [6.07, 6.45) is 0.837. The lowest BCUT2D eigenvalue weighted by atomic mass is 9.87. The van der Waals surface area contributed by atoms with Crippen molar-refractivity contribution in [2.24, 2.45) is 5.92 Å². The van der Waals surface area contributed by atoms with Gasteiger partial charge in [-0.05, 0) is 48.9 Å². The van der Waals surface area contributed by atoms with Crippen LogP contribution >= 0.6 is 0 Å². The molecule has 1 aliphatic heterocycles. The molecule has 5 nitrogen and oxygen atoms in total. The summed E-state index contributed by atoms with van der Waals surface area (Å²) < 4.78 is 5.74. The number of aliphatic carboxylic acids is 1. The quantitative estimate of drug-likeness (QED) is 0.852. The summed E-state index contributed by atoms with van der Waals surface area (Å²) >= 11 is 0.